The van der Waals surface area contributed by atoms with Crippen molar-refractivity contribution in [3.63, 3.8) is 0 Å². The summed E-state index contributed by atoms with van der Waals surface area (Å²) in [6.07, 6.45) is 0. The lowest BCUT2D eigenvalue weighted by Gasteiger charge is -2.13. The zero-order valence-electron chi connectivity index (χ0n) is 13.0. The molecule has 0 amide bonds. The van der Waals surface area contributed by atoms with Gasteiger partial charge in [0.05, 0.1) is 0 Å². The minimum Gasteiger partial charge on any atom is -0.378 e. The Kier molecular flexibility index (Phi) is 5.62. The predicted octanol–water partition coefficient (Wildman–Crippen LogP) is 5.06. The van der Waals surface area contributed by atoms with Gasteiger partial charge in [-0.25, -0.2) is 0 Å². The van der Waals surface area contributed by atoms with Crippen LogP contribution in [-0.4, -0.2) is 14.1 Å². The number of rotatable bonds is 2. The van der Waals surface area contributed by atoms with Crippen LogP contribution in [0.15, 0.2) is 42.5 Å². The zero-order chi connectivity index (χ0) is 14.4. The number of anilines is 1. The number of aryl methyl sites for hydroxylation is 2. The topological polar surface area (TPSA) is 3.24 Å². The normalized spacial score (nSPS) is 9.58. The van der Waals surface area contributed by atoms with Crippen LogP contribution in [0.2, 0.25) is 0 Å². The summed E-state index contributed by atoms with van der Waals surface area (Å²) in [5.74, 6) is 0. The van der Waals surface area contributed by atoms with Gasteiger partial charge < -0.3 is 4.90 Å². The minimum atomic E-state index is 1.23. The van der Waals surface area contributed by atoms with E-state index in [9.17, 15) is 0 Å². The van der Waals surface area contributed by atoms with Gasteiger partial charge in [-0.15, -0.1) is 0 Å². The predicted molar refractivity (Wildman–Crippen MR) is 87.0 cm³/mol. The van der Waals surface area contributed by atoms with E-state index in [1.165, 1.54) is 27.9 Å². The highest BCUT2D eigenvalue weighted by atomic mass is 15.1. The molecule has 1 heteroatoms. The molecule has 2 rings (SSSR count). The number of benzene rings is 2. The van der Waals surface area contributed by atoms with E-state index in [0.29, 0.717) is 0 Å². The molecule has 0 heterocycles. The van der Waals surface area contributed by atoms with E-state index in [1.54, 1.807) is 0 Å². The third kappa shape index (κ3) is 3.85. The van der Waals surface area contributed by atoms with Gasteiger partial charge >= 0.3 is 0 Å². The SMILES string of the molecule is CC.Cc1ccc(-c2ccc(N(C)C)cc2)cc1C. The largest absolute Gasteiger partial charge is 0.378 e. The molecule has 2 aromatic rings. The summed E-state index contributed by atoms with van der Waals surface area (Å²) in [6.45, 7) is 8.31. The van der Waals surface area contributed by atoms with Gasteiger partial charge in [-0.1, -0.05) is 44.2 Å². The second kappa shape index (κ2) is 6.98. The van der Waals surface area contributed by atoms with Crippen molar-refractivity contribution in [3.8, 4) is 11.1 Å². The molecular weight excluding hydrogens is 230 g/mol. The lowest BCUT2D eigenvalue weighted by Crippen LogP contribution is -2.07. The Bertz CT molecular complexity index is 510. The molecule has 0 aliphatic heterocycles. The Labute approximate surface area is 117 Å². The van der Waals surface area contributed by atoms with Crippen molar-refractivity contribution in [2.75, 3.05) is 19.0 Å². The number of hydrogen-bond acceptors (Lipinski definition) is 1. The van der Waals surface area contributed by atoms with Crippen LogP contribution >= 0.6 is 0 Å². The first kappa shape index (κ1) is 15.3. The van der Waals surface area contributed by atoms with Crippen molar-refractivity contribution < 1.29 is 0 Å². The van der Waals surface area contributed by atoms with Crippen LogP contribution in [0.1, 0.15) is 25.0 Å². The smallest absolute Gasteiger partial charge is 0.0361 e. The van der Waals surface area contributed by atoms with Crippen LogP contribution in [0.25, 0.3) is 11.1 Å². The summed E-state index contributed by atoms with van der Waals surface area (Å²) >= 11 is 0. The fourth-order valence-electron chi connectivity index (χ4n) is 1.87. The van der Waals surface area contributed by atoms with Crippen LogP contribution in [0, 0.1) is 13.8 Å². The highest BCUT2D eigenvalue weighted by Gasteiger charge is 2.00. The number of hydrogen-bond donors (Lipinski definition) is 0. The Balaban J connectivity index is 0.000000861. The van der Waals surface area contributed by atoms with Gasteiger partial charge in [0.2, 0.25) is 0 Å². The zero-order valence-corrected chi connectivity index (χ0v) is 13.0. The standard InChI is InChI=1S/C16H19N.C2H6/c1-12-5-6-15(11-13(12)2)14-7-9-16(10-8-14)17(3)4;1-2/h5-11H,1-4H3;1-2H3. The quantitative estimate of drug-likeness (QED) is 0.724. The molecule has 0 bridgehead atoms. The summed E-state index contributed by atoms with van der Waals surface area (Å²) in [7, 11) is 4.12. The average Bonchev–Trinajstić information content (AvgIpc) is 2.44. The molecule has 0 saturated heterocycles. The molecule has 19 heavy (non-hydrogen) atoms. The van der Waals surface area contributed by atoms with Crippen molar-refractivity contribution in [2.24, 2.45) is 0 Å². The average molecular weight is 255 g/mol. The van der Waals surface area contributed by atoms with Gasteiger partial charge in [0.1, 0.15) is 0 Å². The first-order valence-corrected chi connectivity index (χ1v) is 6.93. The van der Waals surface area contributed by atoms with E-state index in [1.807, 2.05) is 13.8 Å². The van der Waals surface area contributed by atoms with E-state index >= 15 is 0 Å². The monoisotopic (exact) mass is 255 g/mol. The lowest BCUT2D eigenvalue weighted by molar-refractivity contribution is 1.13. The summed E-state index contributed by atoms with van der Waals surface area (Å²) in [6, 6.07) is 15.3. The van der Waals surface area contributed by atoms with Crippen molar-refractivity contribution in [3.05, 3.63) is 53.6 Å². The van der Waals surface area contributed by atoms with Gasteiger partial charge in [0.15, 0.2) is 0 Å². The van der Waals surface area contributed by atoms with E-state index in [4.69, 9.17) is 0 Å². The maximum absolute atomic E-state index is 2.25. The van der Waals surface area contributed by atoms with E-state index < -0.39 is 0 Å². The fourth-order valence-corrected chi connectivity index (χ4v) is 1.87. The molecule has 0 aliphatic rings. The summed E-state index contributed by atoms with van der Waals surface area (Å²) in [5, 5.41) is 0. The highest BCUT2D eigenvalue weighted by molar-refractivity contribution is 5.67. The van der Waals surface area contributed by atoms with Crippen molar-refractivity contribution in [1.29, 1.82) is 0 Å². The van der Waals surface area contributed by atoms with Crippen LogP contribution < -0.4 is 4.90 Å². The maximum atomic E-state index is 2.25. The van der Waals surface area contributed by atoms with Crippen LogP contribution in [0.4, 0.5) is 5.69 Å². The molecule has 0 aromatic heterocycles. The van der Waals surface area contributed by atoms with E-state index in [0.717, 1.165) is 0 Å². The molecular formula is C18H25N. The third-order valence-electron chi connectivity index (χ3n) is 3.22. The van der Waals surface area contributed by atoms with E-state index in [2.05, 4.69) is 75.3 Å². The first-order chi connectivity index (χ1) is 9.08. The van der Waals surface area contributed by atoms with Crippen LogP contribution in [0.5, 0.6) is 0 Å². The maximum Gasteiger partial charge on any atom is 0.0361 e. The highest BCUT2D eigenvalue weighted by Crippen LogP contribution is 2.24. The Morgan fingerprint density at radius 3 is 1.68 bits per heavy atom. The van der Waals surface area contributed by atoms with Gasteiger partial charge in [0, 0.05) is 19.8 Å². The second-order valence-electron chi connectivity index (χ2n) is 4.74. The summed E-state index contributed by atoms with van der Waals surface area (Å²) in [5.41, 5.74) is 6.49. The lowest BCUT2D eigenvalue weighted by atomic mass is 10.0. The van der Waals surface area contributed by atoms with Crippen LogP contribution in [0.3, 0.4) is 0 Å². The van der Waals surface area contributed by atoms with Gasteiger partial charge in [-0.3, -0.25) is 0 Å². The molecule has 1 nitrogen and oxygen atoms in total. The molecule has 102 valence electrons. The molecule has 0 spiro atoms. The van der Waals surface area contributed by atoms with Crippen molar-refractivity contribution in [2.45, 2.75) is 27.7 Å². The van der Waals surface area contributed by atoms with Crippen LogP contribution in [-0.2, 0) is 0 Å². The molecule has 0 aliphatic carbocycles. The Morgan fingerprint density at radius 1 is 0.684 bits per heavy atom. The number of nitrogens with zero attached hydrogens (tertiary/aromatic N) is 1. The molecule has 0 radical (unpaired) electrons. The third-order valence-corrected chi connectivity index (χ3v) is 3.22. The molecule has 0 unspecified atom stereocenters. The van der Waals surface area contributed by atoms with Crippen molar-refractivity contribution in [1.82, 2.24) is 0 Å². The van der Waals surface area contributed by atoms with E-state index in [-0.39, 0.29) is 0 Å². The molecule has 0 N–H and O–H groups in total. The fraction of sp³-hybridized carbons (Fsp3) is 0.333. The minimum absolute atomic E-state index is 1.23. The second-order valence-corrected chi connectivity index (χ2v) is 4.74. The summed E-state index contributed by atoms with van der Waals surface area (Å²) in [4.78, 5) is 2.12. The Hall–Kier alpha value is -1.76. The molecule has 0 atom stereocenters. The van der Waals surface area contributed by atoms with Gasteiger partial charge in [0.25, 0.3) is 0 Å². The van der Waals surface area contributed by atoms with Gasteiger partial charge in [-0.2, -0.15) is 0 Å². The molecule has 0 saturated carbocycles. The van der Waals surface area contributed by atoms with Gasteiger partial charge in [-0.05, 0) is 48.2 Å². The Morgan fingerprint density at radius 2 is 1.21 bits per heavy atom. The van der Waals surface area contributed by atoms with Crippen molar-refractivity contribution >= 4 is 5.69 Å². The first-order valence-electron chi connectivity index (χ1n) is 6.93. The summed E-state index contributed by atoms with van der Waals surface area (Å²) < 4.78 is 0. The molecule has 0 fully saturated rings. The molecule has 2 aromatic carbocycles.